The summed E-state index contributed by atoms with van der Waals surface area (Å²) >= 11 is 1.25. The molecule has 0 aliphatic heterocycles. The molecule has 3 aromatic heterocycles. The minimum Gasteiger partial charge on any atom is -0.462 e. The Hall–Kier alpha value is -3.02. The molecular formula is C19H20F3N5O3S. The van der Waals surface area contributed by atoms with E-state index in [1.54, 1.807) is 27.7 Å². The number of thiophene rings is 1. The molecule has 0 bridgehead atoms. The van der Waals surface area contributed by atoms with Gasteiger partial charge >= 0.3 is 12.1 Å². The second-order valence-electron chi connectivity index (χ2n) is 6.84. The van der Waals surface area contributed by atoms with Gasteiger partial charge in [-0.15, -0.1) is 16.4 Å². The first kappa shape index (κ1) is 22.7. The molecule has 1 amide bonds. The summed E-state index contributed by atoms with van der Waals surface area (Å²) in [6.07, 6.45) is -4.87. The molecule has 31 heavy (non-hydrogen) atoms. The highest BCUT2D eigenvalue weighted by atomic mass is 32.1. The molecule has 0 spiro atoms. The number of halogens is 3. The van der Waals surface area contributed by atoms with Crippen LogP contribution in [0.4, 0.5) is 18.2 Å². The van der Waals surface area contributed by atoms with Gasteiger partial charge < -0.3 is 10.1 Å². The molecule has 1 N–H and O–H groups in total. The number of hydrogen-bond acceptors (Lipinski definition) is 7. The van der Waals surface area contributed by atoms with Crippen molar-refractivity contribution < 1.29 is 27.5 Å². The summed E-state index contributed by atoms with van der Waals surface area (Å²) in [4.78, 5) is 33.4. The molecule has 0 aliphatic carbocycles. The number of hydrogen-bond donors (Lipinski definition) is 1. The largest absolute Gasteiger partial charge is 0.462 e. The zero-order valence-electron chi connectivity index (χ0n) is 17.5. The van der Waals surface area contributed by atoms with Crippen LogP contribution < -0.4 is 5.32 Å². The Kier molecular flexibility index (Phi) is 6.03. The van der Waals surface area contributed by atoms with Gasteiger partial charge in [0.1, 0.15) is 5.00 Å². The molecule has 3 aromatic rings. The van der Waals surface area contributed by atoms with Gasteiger partial charge in [0.15, 0.2) is 0 Å². The van der Waals surface area contributed by atoms with Gasteiger partial charge in [0.25, 0.3) is 11.6 Å². The average molecular weight is 455 g/mol. The highest BCUT2D eigenvalue weighted by molar-refractivity contribution is 7.16. The van der Waals surface area contributed by atoms with Crippen LogP contribution in [0.1, 0.15) is 50.5 Å². The Bertz CT molecular complexity index is 1180. The summed E-state index contributed by atoms with van der Waals surface area (Å²) in [6, 6.07) is 0. The molecule has 0 aromatic carbocycles. The Morgan fingerprint density at radius 3 is 2.45 bits per heavy atom. The van der Waals surface area contributed by atoms with E-state index in [0.717, 1.165) is 15.0 Å². The number of nitrogens with zero attached hydrogens (tertiary/aromatic N) is 4. The van der Waals surface area contributed by atoms with Crippen LogP contribution >= 0.6 is 11.3 Å². The number of carbonyl (C=O) groups excluding carboxylic acids is 2. The minimum absolute atomic E-state index is 0.167. The molecule has 0 saturated carbocycles. The fourth-order valence-electron chi connectivity index (χ4n) is 3.08. The van der Waals surface area contributed by atoms with Gasteiger partial charge in [-0.05, 0) is 40.2 Å². The SMILES string of the molecule is CCOC(=O)c1c(NC(=O)Cc2c(C)nc3nc(C(F)(F)F)nn3c2C)sc(C)c1C. The average Bonchev–Trinajstić information content (AvgIpc) is 3.20. The Morgan fingerprint density at radius 1 is 1.16 bits per heavy atom. The normalized spacial score (nSPS) is 11.7. The number of nitrogens with one attached hydrogen (secondary N) is 1. The zero-order chi connectivity index (χ0) is 23.1. The maximum absolute atomic E-state index is 12.9. The van der Waals surface area contributed by atoms with Gasteiger partial charge in [0.2, 0.25) is 5.91 Å². The molecule has 3 heterocycles. The van der Waals surface area contributed by atoms with E-state index in [1.165, 1.54) is 11.3 Å². The van der Waals surface area contributed by atoms with E-state index in [1.807, 2.05) is 6.92 Å². The number of anilines is 1. The molecule has 166 valence electrons. The second-order valence-corrected chi connectivity index (χ2v) is 8.06. The van der Waals surface area contributed by atoms with E-state index >= 15 is 0 Å². The van der Waals surface area contributed by atoms with Crippen LogP contribution in [-0.2, 0) is 22.1 Å². The van der Waals surface area contributed by atoms with Gasteiger partial charge in [-0.1, -0.05) is 0 Å². The lowest BCUT2D eigenvalue weighted by atomic mass is 10.1. The first-order chi connectivity index (χ1) is 14.4. The third-order valence-corrected chi connectivity index (χ3v) is 5.88. The number of fused-ring (bicyclic) bond motifs is 1. The van der Waals surface area contributed by atoms with E-state index in [2.05, 4.69) is 20.4 Å². The van der Waals surface area contributed by atoms with Crippen molar-refractivity contribution in [2.45, 2.75) is 47.2 Å². The maximum Gasteiger partial charge on any atom is 0.453 e. The molecule has 3 rings (SSSR count). The molecule has 0 unspecified atom stereocenters. The van der Waals surface area contributed by atoms with Crippen molar-refractivity contribution in [1.82, 2.24) is 19.6 Å². The predicted octanol–water partition coefficient (Wildman–Crippen LogP) is 3.80. The first-order valence-corrected chi connectivity index (χ1v) is 10.1. The molecule has 8 nitrogen and oxygen atoms in total. The van der Waals surface area contributed by atoms with Crippen LogP contribution in [0.15, 0.2) is 0 Å². The summed E-state index contributed by atoms with van der Waals surface area (Å²) in [5.74, 6) is -2.47. The number of rotatable bonds is 5. The van der Waals surface area contributed by atoms with Crippen molar-refractivity contribution in [3.8, 4) is 0 Å². The lowest BCUT2D eigenvalue weighted by Crippen LogP contribution is -2.19. The van der Waals surface area contributed by atoms with Crippen molar-refractivity contribution in [1.29, 1.82) is 0 Å². The van der Waals surface area contributed by atoms with Crippen molar-refractivity contribution >= 4 is 34.0 Å². The lowest BCUT2D eigenvalue weighted by Gasteiger charge is -2.11. The maximum atomic E-state index is 12.9. The van der Waals surface area contributed by atoms with Crippen LogP contribution in [0, 0.1) is 27.7 Å². The third-order valence-electron chi connectivity index (χ3n) is 4.76. The van der Waals surface area contributed by atoms with Crippen molar-refractivity contribution in [3.63, 3.8) is 0 Å². The molecule has 12 heteroatoms. The molecule has 0 aliphatic rings. The Balaban J connectivity index is 1.91. The highest BCUT2D eigenvalue weighted by Gasteiger charge is 2.37. The number of carbonyl (C=O) groups is 2. The number of ether oxygens (including phenoxy) is 1. The van der Waals surface area contributed by atoms with E-state index in [4.69, 9.17) is 4.74 Å². The van der Waals surface area contributed by atoms with E-state index in [-0.39, 0.29) is 18.8 Å². The zero-order valence-corrected chi connectivity index (χ0v) is 18.3. The summed E-state index contributed by atoms with van der Waals surface area (Å²) < 4.78 is 44.9. The first-order valence-electron chi connectivity index (χ1n) is 9.31. The summed E-state index contributed by atoms with van der Waals surface area (Å²) in [5, 5.41) is 6.56. The molecule has 0 atom stereocenters. The van der Waals surface area contributed by atoms with Crippen molar-refractivity contribution in [2.24, 2.45) is 0 Å². The second kappa shape index (κ2) is 8.25. The summed E-state index contributed by atoms with van der Waals surface area (Å²) in [6.45, 7) is 8.61. The van der Waals surface area contributed by atoms with Gasteiger partial charge in [0.05, 0.1) is 18.6 Å². The van der Waals surface area contributed by atoms with Gasteiger partial charge in [0, 0.05) is 21.8 Å². The lowest BCUT2D eigenvalue weighted by molar-refractivity contribution is -0.144. The molecular weight excluding hydrogens is 435 g/mol. The van der Waals surface area contributed by atoms with Crippen molar-refractivity contribution in [3.05, 3.63) is 38.8 Å². The molecule has 0 fully saturated rings. The number of alkyl halides is 3. The molecule has 0 saturated heterocycles. The predicted molar refractivity (Wildman–Crippen MR) is 107 cm³/mol. The van der Waals surface area contributed by atoms with Crippen LogP contribution in [0.5, 0.6) is 0 Å². The topological polar surface area (TPSA) is 98.5 Å². The van der Waals surface area contributed by atoms with Crippen LogP contribution in [-0.4, -0.2) is 38.1 Å². The highest BCUT2D eigenvalue weighted by Crippen LogP contribution is 2.33. The van der Waals surface area contributed by atoms with Gasteiger partial charge in [-0.25, -0.2) is 14.3 Å². The number of aromatic nitrogens is 4. The van der Waals surface area contributed by atoms with Crippen LogP contribution in [0.25, 0.3) is 5.78 Å². The smallest absolute Gasteiger partial charge is 0.453 e. The molecule has 0 radical (unpaired) electrons. The summed E-state index contributed by atoms with van der Waals surface area (Å²) in [7, 11) is 0. The summed E-state index contributed by atoms with van der Waals surface area (Å²) in [5.41, 5.74) is 2.13. The van der Waals surface area contributed by atoms with Crippen molar-refractivity contribution in [2.75, 3.05) is 11.9 Å². The fraction of sp³-hybridized carbons (Fsp3) is 0.421. The monoisotopic (exact) mass is 455 g/mol. The van der Waals surface area contributed by atoms with Gasteiger partial charge in [-0.2, -0.15) is 18.2 Å². The van der Waals surface area contributed by atoms with Crippen LogP contribution in [0.2, 0.25) is 0 Å². The third kappa shape index (κ3) is 4.38. The Labute approximate surface area is 179 Å². The quantitative estimate of drug-likeness (QED) is 0.588. The van der Waals surface area contributed by atoms with Crippen LogP contribution in [0.3, 0.4) is 0 Å². The number of amides is 1. The fourth-order valence-corrected chi connectivity index (χ4v) is 4.14. The van der Waals surface area contributed by atoms with E-state index < -0.39 is 23.9 Å². The van der Waals surface area contributed by atoms with E-state index in [0.29, 0.717) is 27.5 Å². The number of esters is 1. The Morgan fingerprint density at radius 2 is 1.84 bits per heavy atom. The van der Waals surface area contributed by atoms with Gasteiger partial charge in [-0.3, -0.25) is 4.79 Å². The van der Waals surface area contributed by atoms with E-state index in [9.17, 15) is 22.8 Å². The standard InChI is InChI=1S/C19H20F3N5O3S/c1-6-30-16(29)14-8(2)11(5)31-15(14)24-13(28)7-12-9(3)23-18-25-17(19(20,21)22)26-27(18)10(12)4/h6-7H2,1-5H3,(H,24,28). The number of aryl methyl sites for hydroxylation is 3. The minimum atomic E-state index is -4.70.